The van der Waals surface area contributed by atoms with Gasteiger partial charge >= 0.3 is 0 Å². The second kappa shape index (κ2) is 5.49. The Morgan fingerprint density at radius 1 is 1.15 bits per heavy atom. The Labute approximate surface area is 120 Å². The van der Waals surface area contributed by atoms with E-state index in [9.17, 15) is 0 Å². The first-order chi connectivity index (χ1) is 9.43. The number of nitrogens with zero attached hydrogens (tertiary/aromatic N) is 2. The number of aryl methyl sites for hydroxylation is 2. The molecular formula is C16H21N3O. The number of benzene rings is 1. The minimum atomic E-state index is 0.448. The van der Waals surface area contributed by atoms with Crippen LogP contribution >= 0.6 is 0 Å². The van der Waals surface area contributed by atoms with Gasteiger partial charge in [-0.25, -0.2) is 9.97 Å². The van der Waals surface area contributed by atoms with Gasteiger partial charge in [-0.3, -0.25) is 0 Å². The molecule has 2 N–H and O–H groups in total. The molecule has 1 aromatic heterocycles. The van der Waals surface area contributed by atoms with Crippen LogP contribution in [0.2, 0.25) is 0 Å². The van der Waals surface area contributed by atoms with Crippen LogP contribution in [0.1, 0.15) is 36.8 Å². The summed E-state index contributed by atoms with van der Waals surface area (Å²) < 4.78 is 5.51. The minimum absolute atomic E-state index is 0.448. The Morgan fingerprint density at radius 2 is 1.85 bits per heavy atom. The quantitative estimate of drug-likeness (QED) is 0.928. The molecule has 0 aliphatic carbocycles. The Morgan fingerprint density at radius 3 is 2.45 bits per heavy atom. The lowest BCUT2D eigenvalue weighted by molar-refractivity contribution is 0.415. The van der Waals surface area contributed by atoms with Crippen LogP contribution in [-0.2, 0) is 0 Å². The van der Waals surface area contributed by atoms with E-state index in [4.69, 9.17) is 10.5 Å². The van der Waals surface area contributed by atoms with Gasteiger partial charge in [-0.1, -0.05) is 19.9 Å². The Balaban J connectivity index is 2.64. The third-order valence-corrected chi connectivity index (χ3v) is 3.40. The SMILES string of the molecule is COc1cc(C(C)C)ccc1-c1nc(C)nc(C)c1N. The van der Waals surface area contributed by atoms with Crippen molar-refractivity contribution in [1.29, 1.82) is 0 Å². The van der Waals surface area contributed by atoms with Crippen molar-refractivity contribution in [2.75, 3.05) is 12.8 Å². The highest BCUT2D eigenvalue weighted by molar-refractivity contribution is 5.78. The maximum atomic E-state index is 6.12. The number of anilines is 1. The molecule has 0 amide bonds. The molecule has 1 aromatic carbocycles. The number of methoxy groups -OCH3 is 1. The summed E-state index contributed by atoms with van der Waals surface area (Å²) in [5.41, 5.74) is 10.4. The molecule has 20 heavy (non-hydrogen) atoms. The van der Waals surface area contributed by atoms with Crippen molar-refractivity contribution in [3.63, 3.8) is 0 Å². The van der Waals surface area contributed by atoms with Crippen molar-refractivity contribution in [1.82, 2.24) is 9.97 Å². The summed E-state index contributed by atoms with van der Waals surface area (Å²) in [7, 11) is 1.67. The van der Waals surface area contributed by atoms with Crippen molar-refractivity contribution < 1.29 is 4.74 Å². The standard InChI is InChI=1S/C16H21N3O/c1-9(2)12-6-7-13(14(8-12)20-5)16-15(17)10(3)18-11(4)19-16/h6-9H,17H2,1-5H3. The Hall–Kier alpha value is -2.10. The zero-order valence-corrected chi connectivity index (χ0v) is 12.7. The molecule has 0 aliphatic rings. The molecular weight excluding hydrogens is 250 g/mol. The van der Waals surface area contributed by atoms with E-state index in [2.05, 4.69) is 29.9 Å². The maximum absolute atomic E-state index is 6.12. The van der Waals surface area contributed by atoms with Crippen molar-refractivity contribution in [3.8, 4) is 17.0 Å². The first-order valence-electron chi connectivity index (χ1n) is 6.73. The van der Waals surface area contributed by atoms with E-state index in [-0.39, 0.29) is 0 Å². The Bertz CT molecular complexity index is 636. The van der Waals surface area contributed by atoms with Gasteiger partial charge in [0, 0.05) is 5.56 Å². The third kappa shape index (κ3) is 2.59. The van der Waals surface area contributed by atoms with Gasteiger partial charge in [0.1, 0.15) is 17.3 Å². The minimum Gasteiger partial charge on any atom is -0.496 e. The maximum Gasteiger partial charge on any atom is 0.128 e. The molecule has 106 valence electrons. The average Bonchev–Trinajstić information content (AvgIpc) is 2.42. The molecule has 0 bridgehead atoms. The molecule has 0 fully saturated rings. The van der Waals surface area contributed by atoms with E-state index in [1.165, 1.54) is 5.56 Å². The highest BCUT2D eigenvalue weighted by atomic mass is 16.5. The summed E-state index contributed by atoms with van der Waals surface area (Å²) in [6.45, 7) is 8.07. The second-order valence-corrected chi connectivity index (χ2v) is 5.23. The van der Waals surface area contributed by atoms with E-state index >= 15 is 0 Å². The molecule has 0 saturated heterocycles. The smallest absolute Gasteiger partial charge is 0.128 e. The van der Waals surface area contributed by atoms with Crippen molar-refractivity contribution in [2.24, 2.45) is 0 Å². The first-order valence-corrected chi connectivity index (χ1v) is 6.73. The summed E-state index contributed by atoms with van der Waals surface area (Å²) in [5.74, 6) is 1.95. The zero-order valence-electron chi connectivity index (χ0n) is 12.7. The van der Waals surface area contributed by atoms with Gasteiger partial charge in [0.05, 0.1) is 18.5 Å². The van der Waals surface area contributed by atoms with Crippen LogP contribution in [0, 0.1) is 13.8 Å². The predicted molar refractivity (Wildman–Crippen MR) is 82.0 cm³/mol. The fraction of sp³-hybridized carbons (Fsp3) is 0.375. The molecule has 4 heteroatoms. The van der Waals surface area contributed by atoms with Crippen LogP contribution in [-0.4, -0.2) is 17.1 Å². The zero-order chi connectivity index (χ0) is 14.9. The molecule has 2 rings (SSSR count). The van der Waals surface area contributed by atoms with Gasteiger partial charge in [0.15, 0.2) is 0 Å². The fourth-order valence-corrected chi connectivity index (χ4v) is 2.19. The highest BCUT2D eigenvalue weighted by Gasteiger charge is 2.15. The topological polar surface area (TPSA) is 61.0 Å². The lowest BCUT2D eigenvalue weighted by Gasteiger charge is -2.14. The predicted octanol–water partition coefficient (Wildman–Crippen LogP) is 3.47. The Kier molecular flexibility index (Phi) is 3.93. The number of hydrogen-bond acceptors (Lipinski definition) is 4. The number of aromatic nitrogens is 2. The summed E-state index contributed by atoms with van der Waals surface area (Å²) in [6.07, 6.45) is 0. The number of nitrogens with two attached hydrogens (primary N) is 1. The molecule has 0 radical (unpaired) electrons. The van der Waals surface area contributed by atoms with Gasteiger partial charge in [0.2, 0.25) is 0 Å². The summed E-state index contributed by atoms with van der Waals surface area (Å²) in [6, 6.07) is 6.16. The van der Waals surface area contributed by atoms with Gasteiger partial charge < -0.3 is 10.5 Å². The van der Waals surface area contributed by atoms with Gasteiger partial charge in [0.25, 0.3) is 0 Å². The summed E-state index contributed by atoms with van der Waals surface area (Å²) in [5, 5.41) is 0. The van der Waals surface area contributed by atoms with Crippen LogP contribution in [0.3, 0.4) is 0 Å². The second-order valence-electron chi connectivity index (χ2n) is 5.23. The molecule has 2 aromatic rings. The largest absolute Gasteiger partial charge is 0.496 e. The number of rotatable bonds is 3. The molecule has 0 spiro atoms. The normalized spacial score (nSPS) is 10.9. The van der Waals surface area contributed by atoms with Gasteiger partial charge in [-0.15, -0.1) is 0 Å². The third-order valence-electron chi connectivity index (χ3n) is 3.40. The van der Waals surface area contributed by atoms with Crippen molar-refractivity contribution >= 4 is 5.69 Å². The molecule has 4 nitrogen and oxygen atoms in total. The van der Waals surface area contributed by atoms with Gasteiger partial charge in [-0.05, 0) is 37.5 Å². The lowest BCUT2D eigenvalue weighted by Crippen LogP contribution is -2.03. The first kappa shape index (κ1) is 14.3. The summed E-state index contributed by atoms with van der Waals surface area (Å²) >= 11 is 0. The summed E-state index contributed by atoms with van der Waals surface area (Å²) in [4.78, 5) is 8.75. The van der Waals surface area contributed by atoms with Crippen LogP contribution in [0.15, 0.2) is 18.2 Å². The van der Waals surface area contributed by atoms with Crippen molar-refractivity contribution in [3.05, 3.63) is 35.3 Å². The van der Waals surface area contributed by atoms with Gasteiger partial charge in [-0.2, -0.15) is 0 Å². The van der Waals surface area contributed by atoms with E-state index in [1.807, 2.05) is 26.0 Å². The number of nitrogen functional groups attached to an aromatic ring is 1. The number of ether oxygens (including phenoxy) is 1. The average molecular weight is 271 g/mol. The van der Waals surface area contributed by atoms with Crippen molar-refractivity contribution in [2.45, 2.75) is 33.6 Å². The van der Waals surface area contributed by atoms with Crippen LogP contribution in [0.5, 0.6) is 5.75 Å². The molecule has 0 saturated carbocycles. The van der Waals surface area contributed by atoms with Crippen LogP contribution in [0.25, 0.3) is 11.3 Å². The van der Waals surface area contributed by atoms with E-state index < -0.39 is 0 Å². The fourth-order valence-electron chi connectivity index (χ4n) is 2.19. The molecule has 1 heterocycles. The van der Waals surface area contributed by atoms with E-state index in [0.717, 1.165) is 22.7 Å². The van der Waals surface area contributed by atoms with Crippen LogP contribution < -0.4 is 10.5 Å². The van der Waals surface area contributed by atoms with E-state index in [0.29, 0.717) is 17.4 Å². The van der Waals surface area contributed by atoms with Crippen LogP contribution in [0.4, 0.5) is 5.69 Å². The highest BCUT2D eigenvalue weighted by Crippen LogP contribution is 2.35. The lowest BCUT2D eigenvalue weighted by atomic mass is 9.99. The molecule has 0 aliphatic heterocycles. The number of hydrogen-bond donors (Lipinski definition) is 1. The monoisotopic (exact) mass is 271 g/mol. The molecule has 0 unspecified atom stereocenters. The van der Waals surface area contributed by atoms with E-state index in [1.54, 1.807) is 7.11 Å². The molecule has 0 atom stereocenters.